The summed E-state index contributed by atoms with van der Waals surface area (Å²) in [6.45, 7) is 1.23. The van der Waals surface area contributed by atoms with Gasteiger partial charge in [0.15, 0.2) is 0 Å². The fourth-order valence-electron chi connectivity index (χ4n) is 1.81. The van der Waals surface area contributed by atoms with E-state index in [0.29, 0.717) is 25.6 Å². The first-order valence-corrected chi connectivity index (χ1v) is 6.97. The van der Waals surface area contributed by atoms with E-state index in [1.165, 1.54) is 6.07 Å². The van der Waals surface area contributed by atoms with Gasteiger partial charge in [-0.3, -0.25) is 4.79 Å². The van der Waals surface area contributed by atoms with Crippen LogP contribution in [0.3, 0.4) is 0 Å². The van der Waals surface area contributed by atoms with E-state index in [2.05, 4.69) is 10.6 Å². The average Bonchev–Trinajstić information content (AvgIpc) is 3.18. The Kier molecular flexibility index (Phi) is 5.16. The third kappa shape index (κ3) is 4.80. The molecule has 0 heterocycles. The molecule has 0 aromatic heterocycles. The first kappa shape index (κ1) is 14.3. The van der Waals surface area contributed by atoms with Crippen LogP contribution >= 0.6 is 11.6 Å². The highest BCUT2D eigenvalue weighted by molar-refractivity contribution is 6.31. The van der Waals surface area contributed by atoms with Crippen molar-refractivity contribution >= 4 is 17.5 Å². The van der Waals surface area contributed by atoms with Crippen LogP contribution in [0.4, 0.5) is 4.39 Å². The summed E-state index contributed by atoms with van der Waals surface area (Å²) in [7, 11) is 0. The van der Waals surface area contributed by atoms with Gasteiger partial charge in [0, 0.05) is 19.0 Å². The zero-order valence-electron chi connectivity index (χ0n) is 10.7. The Labute approximate surface area is 117 Å². The zero-order chi connectivity index (χ0) is 13.7. The molecule has 0 unspecified atom stereocenters. The van der Waals surface area contributed by atoms with Gasteiger partial charge in [0.1, 0.15) is 5.82 Å². The third-order valence-electron chi connectivity index (χ3n) is 3.05. The molecule has 1 saturated carbocycles. The molecule has 1 aromatic carbocycles. The van der Waals surface area contributed by atoms with Crippen LogP contribution in [0.25, 0.3) is 0 Å². The molecule has 1 aromatic rings. The molecule has 1 fully saturated rings. The number of hydrogen-bond donors (Lipinski definition) is 2. The number of carbonyl (C=O) groups is 1. The van der Waals surface area contributed by atoms with E-state index in [-0.39, 0.29) is 10.9 Å². The number of amides is 1. The van der Waals surface area contributed by atoms with Gasteiger partial charge in [0.05, 0.1) is 5.02 Å². The van der Waals surface area contributed by atoms with Gasteiger partial charge in [-0.1, -0.05) is 23.7 Å². The Morgan fingerprint density at radius 2 is 2.21 bits per heavy atom. The highest BCUT2D eigenvalue weighted by atomic mass is 35.5. The van der Waals surface area contributed by atoms with E-state index < -0.39 is 5.82 Å². The van der Waals surface area contributed by atoms with Crippen molar-refractivity contribution in [3.63, 3.8) is 0 Å². The standard InChI is InChI=1S/C14H18ClFN2O/c15-14-10(3-1-4-12(14)16)9-17-8-2-5-13(19)18-11-6-7-11/h1,3-4,11,17H,2,5-9H2,(H,18,19). The summed E-state index contributed by atoms with van der Waals surface area (Å²) < 4.78 is 13.2. The quantitative estimate of drug-likeness (QED) is 0.756. The Bertz CT molecular complexity index is 449. The van der Waals surface area contributed by atoms with Crippen molar-refractivity contribution in [1.82, 2.24) is 10.6 Å². The van der Waals surface area contributed by atoms with Crippen molar-refractivity contribution in [1.29, 1.82) is 0 Å². The van der Waals surface area contributed by atoms with E-state index in [1.807, 2.05) is 0 Å². The normalized spacial score (nSPS) is 14.4. The van der Waals surface area contributed by atoms with Gasteiger partial charge in [-0.15, -0.1) is 0 Å². The minimum Gasteiger partial charge on any atom is -0.353 e. The number of halogens is 2. The summed E-state index contributed by atoms with van der Waals surface area (Å²) in [5.41, 5.74) is 0.740. The minimum absolute atomic E-state index is 0.119. The van der Waals surface area contributed by atoms with E-state index in [4.69, 9.17) is 11.6 Å². The molecular formula is C14H18ClFN2O. The molecule has 0 spiro atoms. The van der Waals surface area contributed by atoms with Crippen molar-refractivity contribution in [3.8, 4) is 0 Å². The molecule has 5 heteroatoms. The Hall–Kier alpha value is -1.13. The zero-order valence-corrected chi connectivity index (χ0v) is 11.5. The molecule has 2 N–H and O–H groups in total. The Balaban J connectivity index is 1.60. The largest absolute Gasteiger partial charge is 0.353 e. The lowest BCUT2D eigenvalue weighted by Gasteiger charge is -2.07. The number of hydrogen-bond acceptors (Lipinski definition) is 2. The summed E-state index contributed by atoms with van der Waals surface area (Å²) in [6.07, 6.45) is 3.52. The fraction of sp³-hybridized carbons (Fsp3) is 0.500. The van der Waals surface area contributed by atoms with Gasteiger partial charge in [0.2, 0.25) is 5.91 Å². The minimum atomic E-state index is -0.398. The van der Waals surface area contributed by atoms with Crippen LogP contribution in [0.5, 0.6) is 0 Å². The smallest absolute Gasteiger partial charge is 0.220 e. The Morgan fingerprint density at radius 1 is 1.42 bits per heavy atom. The van der Waals surface area contributed by atoms with Gasteiger partial charge in [0.25, 0.3) is 0 Å². The lowest BCUT2D eigenvalue weighted by atomic mass is 10.2. The predicted molar refractivity (Wildman–Crippen MR) is 73.5 cm³/mol. The molecule has 104 valence electrons. The van der Waals surface area contributed by atoms with Crippen molar-refractivity contribution in [2.24, 2.45) is 0 Å². The second-order valence-corrected chi connectivity index (χ2v) is 5.21. The number of carbonyl (C=O) groups excluding carboxylic acids is 1. The molecule has 1 aliphatic rings. The van der Waals surface area contributed by atoms with Crippen molar-refractivity contribution in [2.75, 3.05) is 6.54 Å². The van der Waals surface area contributed by atoms with Crippen LogP contribution in [0.2, 0.25) is 5.02 Å². The molecule has 0 bridgehead atoms. The molecule has 0 atom stereocenters. The van der Waals surface area contributed by atoms with Crippen LogP contribution in [0, 0.1) is 5.82 Å². The maximum absolute atomic E-state index is 13.2. The first-order valence-electron chi connectivity index (χ1n) is 6.60. The topological polar surface area (TPSA) is 41.1 Å². The van der Waals surface area contributed by atoms with E-state index in [0.717, 1.165) is 24.8 Å². The molecule has 1 amide bonds. The summed E-state index contributed by atoms with van der Waals surface area (Å²) in [5.74, 6) is -0.280. The summed E-state index contributed by atoms with van der Waals surface area (Å²) in [5, 5.41) is 6.27. The van der Waals surface area contributed by atoms with Crippen molar-refractivity contribution in [3.05, 3.63) is 34.6 Å². The summed E-state index contributed by atoms with van der Waals surface area (Å²) in [4.78, 5) is 11.4. The lowest BCUT2D eigenvalue weighted by molar-refractivity contribution is -0.121. The lowest BCUT2D eigenvalue weighted by Crippen LogP contribution is -2.26. The molecule has 3 nitrogen and oxygen atoms in total. The monoisotopic (exact) mass is 284 g/mol. The second-order valence-electron chi connectivity index (χ2n) is 4.84. The highest BCUT2D eigenvalue weighted by Crippen LogP contribution is 2.19. The fourth-order valence-corrected chi connectivity index (χ4v) is 2.00. The van der Waals surface area contributed by atoms with Crippen LogP contribution in [0.1, 0.15) is 31.2 Å². The average molecular weight is 285 g/mol. The molecule has 0 aliphatic heterocycles. The third-order valence-corrected chi connectivity index (χ3v) is 3.47. The number of benzene rings is 1. The van der Waals surface area contributed by atoms with Gasteiger partial charge < -0.3 is 10.6 Å². The highest BCUT2D eigenvalue weighted by Gasteiger charge is 2.22. The number of nitrogens with one attached hydrogen (secondary N) is 2. The summed E-state index contributed by atoms with van der Waals surface area (Å²) >= 11 is 5.84. The molecule has 0 radical (unpaired) electrons. The van der Waals surface area contributed by atoms with Gasteiger partial charge >= 0.3 is 0 Å². The van der Waals surface area contributed by atoms with Gasteiger partial charge in [-0.25, -0.2) is 4.39 Å². The van der Waals surface area contributed by atoms with E-state index in [1.54, 1.807) is 12.1 Å². The van der Waals surface area contributed by atoms with Crippen LogP contribution in [0.15, 0.2) is 18.2 Å². The molecule has 2 rings (SSSR count). The molecule has 19 heavy (non-hydrogen) atoms. The second kappa shape index (κ2) is 6.87. The molecular weight excluding hydrogens is 267 g/mol. The van der Waals surface area contributed by atoms with E-state index >= 15 is 0 Å². The van der Waals surface area contributed by atoms with Crippen molar-refractivity contribution < 1.29 is 9.18 Å². The predicted octanol–water partition coefficient (Wildman–Crippen LogP) is 2.63. The Morgan fingerprint density at radius 3 is 2.95 bits per heavy atom. The van der Waals surface area contributed by atoms with Crippen LogP contribution in [-0.2, 0) is 11.3 Å². The van der Waals surface area contributed by atoms with Gasteiger partial charge in [-0.05, 0) is 37.4 Å². The van der Waals surface area contributed by atoms with Crippen LogP contribution in [-0.4, -0.2) is 18.5 Å². The SMILES string of the molecule is O=C(CCCNCc1cccc(F)c1Cl)NC1CC1. The van der Waals surface area contributed by atoms with Gasteiger partial charge in [-0.2, -0.15) is 0 Å². The molecule has 1 aliphatic carbocycles. The van der Waals surface area contributed by atoms with E-state index in [9.17, 15) is 9.18 Å². The summed E-state index contributed by atoms with van der Waals surface area (Å²) in [6, 6.07) is 5.19. The maximum Gasteiger partial charge on any atom is 0.220 e. The van der Waals surface area contributed by atoms with Crippen LogP contribution < -0.4 is 10.6 Å². The first-order chi connectivity index (χ1) is 9.16. The van der Waals surface area contributed by atoms with Crippen molar-refractivity contribution in [2.45, 2.75) is 38.3 Å². The number of rotatable bonds is 7. The maximum atomic E-state index is 13.2. The molecule has 0 saturated heterocycles.